The van der Waals surface area contributed by atoms with Crippen LogP contribution in [0.1, 0.15) is 28.5 Å². The van der Waals surface area contributed by atoms with E-state index in [0.717, 1.165) is 0 Å². The van der Waals surface area contributed by atoms with Gasteiger partial charge in [-0.1, -0.05) is 0 Å². The highest BCUT2D eigenvalue weighted by Crippen LogP contribution is 2.31. The van der Waals surface area contributed by atoms with Crippen LogP contribution in [0.2, 0.25) is 0 Å². The zero-order valence-electron chi connectivity index (χ0n) is 9.09. The molecule has 1 rings (SSSR count). The first-order valence-corrected chi connectivity index (χ1v) is 4.73. The van der Waals surface area contributed by atoms with Gasteiger partial charge in [0.15, 0.2) is 0 Å². The summed E-state index contributed by atoms with van der Waals surface area (Å²) in [6.45, 7) is 1.25. The molecule has 1 aromatic rings. The lowest BCUT2D eigenvalue weighted by molar-refractivity contribution is -0.141. The third-order valence-electron chi connectivity index (χ3n) is 1.93. The first kappa shape index (κ1) is 13.8. The van der Waals surface area contributed by atoms with Crippen molar-refractivity contribution in [3.05, 3.63) is 33.2 Å². The van der Waals surface area contributed by atoms with Gasteiger partial charge in [-0.25, -0.2) is 4.79 Å². The number of alkyl halides is 3. The number of aromatic nitrogens is 1. The maximum atomic E-state index is 12.7. The summed E-state index contributed by atoms with van der Waals surface area (Å²) >= 11 is 0. The second-order valence-electron chi connectivity index (χ2n) is 3.13. The number of hydrogen-bond donors (Lipinski definition) is 1. The summed E-state index contributed by atoms with van der Waals surface area (Å²) in [6.07, 6.45) is -4.96. The summed E-state index contributed by atoms with van der Waals surface area (Å²) in [4.78, 5) is 23.9. The third kappa shape index (κ3) is 2.68. The lowest BCUT2D eigenvalue weighted by Gasteiger charge is -2.12. The first-order chi connectivity index (χ1) is 8.31. The number of nitrogens with zero attached hydrogens (tertiary/aromatic N) is 1. The fourth-order valence-electron chi connectivity index (χ4n) is 1.28. The van der Waals surface area contributed by atoms with E-state index in [0.29, 0.717) is 6.07 Å². The van der Waals surface area contributed by atoms with Crippen LogP contribution in [0.25, 0.3) is 0 Å². The molecule has 1 N–H and O–H groups in total. The van der Waals surface area contributed by atoms with Gasteiger partial charge >= 0.3 is 12.1 Å². The van der Waals surface area contributed by atoms with E-state index in [1.165, 1.54) is 18.0 Å². The Morgan fingerprint density at radius 1 is 1.56 bits per heavy atom. The molecule has 0 atom stereocenters. The van der Waals surface area contributed by atoms with Crippen molar-refractivity contribution in [1.82, 2.24) is 4.98 Å². The second-order valence-corrected chi connectivity index (χ2v) is 3.13. The van der Waals surface area contributed by atoms with Crippen LogP contribution < -0.4 is 5.56 Å². The van der Waals surface area contributed by atoms with E-state index in [1.807, 2.05) is 0 Å². The van der Waals surface area contributed by atoms with Gasteiger partial charge in [-0.3, -0.25) is 4.79 Å². The van der Waals surface area contributed by atoms with Crippen LogP contribution in [0.4, 0.5) is 13.2 Å². The molecular weight excluding hydrogens is 253 g/mol. The molecule has 0 radical (unpaired) electrons. The average molecular weight is 260 g/mol. The number of carbonyl (C=O) groups excluding carboxylic acids is 1. The van der Waals surface area contributed by atoms with Gasteiger partial charge in [0.2, 0.25) is 5.56 Å². The number of nitriles is 1. The maximum absolute atomic E-state index is 12.7. The summed E-state index contributed by atoms with van der Waals surface area (Å²) < 4.78 is 42.4. The summed E-state index contributed by atoms with van der Waals surface area (Å²) in [5.74, 6) is -1.31. The van der Waals surface area contributed by atoms with Crippen LogP contribution in [0, 0.1) is 11.3 Å². The van der Waals surface area contributed by atoms with Gasteiger partial charge in [-0.15, -0.1) is 0 Å². The minimum absolute atomic E-state index is 0.153. The molecule has 1 heterocycles. The molecule has 0 aliphatic carbocycles. The predicted molar refractivity (Wildman–Crippen MR) is 52.7 cm³/mol. The number of H-pyrrole nitrogens is 1. The Morgan fingerprint density at radius 2 is 2.17 bits per heavy atom. The molecule has 18 heavy (non-hydrogen) atoms. The Labute approximate surface area is 98.8 Å². The predicted octanol–water partition coefficient (Wildman–Crippen LogP) is 1.44. The molecule has 0 unspecified atom stereocenters. The molecule has 0 amide bonds. The molecule has 0 aliphatic heterocycles. The summed E-state index contributed by atoms with van der Waals surface area (Å²) in [5.41, 5.74) is -4.35. The molecule has 0 aliphatic rings. The van der Waals surface area contributed by atoms with E-state index in [9.17, 15) is 22.8 Å². The Hall–Kier alpha value is -2.30. The fraction of sp³-hybridized carbons (Fsp3) is 0.300. The second kappa shape index (κ2) is 4.91. The molecule has 0 spiro atoms. The third-order valence-corrected chi connectivity index (χ3v) is 1.93. The lowest BCUT2D eigenvalue weighted by Crippen LogP contribution is -2.24. The van der Waals surface area contributed by atoms with Crippen molar-refractivity contribution >= 4 is 5.97 Å². The molecular formula is C10H7F3N2O3. The topological polar surface area (TPSA) is 82.9 Å². The number of esters is 1. The standard InChI is InChI=1S/C10H7F3N2O3/c1-2-18-9(17)7-5(4-14)3-6(16)15-8(7)10(11,12)13/h3H,2H2,1H3,(H,15,16). The van der Waals surface area contributed by atoms with E-state index in [-0.39, 0.29) is 6.61 Å². The summed E-state index contributed by atoms with van der Waals surface area (Å²) in [7, 11) is 0. The highest BCUT2D eigenvalue weighted by Gasteiger charge is 2.38. The van der Waals surface area contributed by atoms with Crippen molar-refractivity contribution in [2.24, 2.45) is 0 Å². The molecule has 0 aromatic carbocycles. The molecule has 1 aromatic heterocycles. The Morgan fingerprint density at radius 3 is 2.61 bits per heavy atom. The number of pyridine rings is 1. The van der Waals surface area contributed by atoms with Gasteiger partial charge in [0, 0.05) is 6.07 Å². The molecule has 0 saturated carbocycles. The van der Waals surface area contributed by atoms with Gasteiger partial charge in [0.05, 0.1) is 12.2 Å². The number of carbonyl (C=O) groups is 1. The largest absolute Gasteiger partial charge is 0.462 e. The first-order valence-electron chi connectivity index (χ1n) is 4.73. The Bertz CT molecular complexity index is 569. The lowest BCUT2D eigenvalue weighted by atomic mass is 10.1. The number of aromatic amines is 1. The Balaban J connectivity index is 3.60. The van der Waals surface area contributed by atoms with Gasteiger partial charge in [0.25, 0.3) is 0 Å². The SMILES string of the molecule is CCOC(=O)c1c(C#N)cc(=O)[nH]c1C(F)(F)F. The van der Waals surface area contributed by atoms with Crippen molar-refractivity contribution < 1.29 is 22.7 Å². The molecule has 0 saturated heterocycles. The molecule has 96 valence electrons. The summed E-state index contributed by atoms with van der Waals surface area (Å²) in [6, 6.07) is 1.98. The van der Waals surface area contributed by atoms with Crippen LogP contribution >= 0.6 is 0 Å². The zero-order valence-corrected chi connectivity index (χ0v) is 9.09. The van der Waals surface area contributed by atoms with E-state index in [1.54, 1.807) is 0 Å². The molecule has 0 fully saturated rings. The van der Waals surface area contributed by atoms with E-state index in [4.69, 9.17) is 5.26 Å². The molecule has 5 nitrogen and oxygen atoms in total. The van der Waals surface area contributed by atoms with Gasteiger partial charge in [-0.05, 0) is 6.92 Å². The van der Waals surface area contributed by atoms with Crippen LogP contribution in [-0.2, 0) is 10.9 Å². The number of nitrogens with one attached hydrogen (secondary N) is 1. The van der Waals surface area contributed by atoms with Crippen LogP contribution in [0.15, 0.2) is 10.9 Å². The average Bonchev–Trinajstić information content (AvgIpc) is 2.26. The minimum atomic E-state index is -4.96. The van der Waals surface area contributed by atoms with Crippen LogP contribution in [-0.4, -0.2) is 17.6 Å². The van der Waals surface area contributed by atoms with Crippen molar-refractivity contribution in [2.75, 3.05) is 6.61 Å². The fourth-order valence-corrected chi connectivity index (χ4v) is 1.28. The molecule has 0 bridgehead atoms. The number of hydrogen-bond acceptors (Lipinski definition) is 4. The van der Waals surface area contributed by atoms with E-state index in [2.05, 4.69) is 4.74 Å². The quantitative estimate of drug-likeness (QED) is 0.815. The smallest absolute Gasteiger partial charge is 0.432 e. The normalized spacial score (nSPS) is 10.8. The summed E-state index contributed by atoms with van der Waals surface area (Å²) in [5, 5.41) is 8.67. The van der Waals surface area contributed by atoms with Crippen LogP contribution in [0.5, 0.6) is 0 Å². The monoisotopic (exact) mass is 260 g/mol. The van der Waals surface area contributed by atoms with Gasteiger partial charge in [0.1, 0.15) is 17.3 Å². The van der Waals surface area contributed by atoms with Crippen molar-refractivity contribution in [3.63, 3.8) is 0 Å². The van der Waals surface area contributed by atoms with Crippen molar-refractivity contribution in [3.8, 4) is 6.07 Å². The van der Waals surface area contributed by atoms with Crippen LogP contribution in [0.3, 0.4) is 0 Å². The maximum Gasteiger partial charge on any atom is 0.432 e. The van der Waals surface area contributed by atoms with E-state index >= 15 is 0 Å². The van der Waals surface area contributed by atoms with Crippen molar-refractivity contribution in [1.29, 1.82) is 5.26 Å². The number of halogens is 3. The highest BCUT2D eigenvalue weighted by atomic mass is 19.4. The number of ether oxygens (including phenoxy) is 1. The minimum Gasteiger partial charge on any atom is -0.462 e. The zero-order chi connectivity index (χ0) is 13.9. The van der Waals surface area contributed by atoms with E-state index < -0.39 is 34.5 Å². The Kier molecular flexibility index (Phi) is 3.76. The van der Waals surface area contributed by atoms with Gasteiger partial charge in [-0.2, -0.15) is 18.4 Å². The highest BCUT2D eigenvalue weighted by molar-refractivity contribution is 5.93. The number of rotatable bonds is 2. The molecule has 8 heteroatoms. The van der Waals surface area contributed by atoms with Gasteiger partial charge < -0.3 is 9.72 Å². The van der Waals surface area contributed by atoms with Crippen molar-refractivity contribution in [2.45, 2.75) is 13.1 Å².